The Morgan fingerprint density at radius 3 is 1.57 bits per heavy atom. The molecule has 0 aliphatic carbocycles. The van der Waals surface area contributed by atoms with E-state index in [9.17, 15) is 19.2 Å². The van der Waals surface area contributed by atoms with Gasteiger partial charge in [-0.3, -0.25) is 14.4 Å². The molecule has 0 aromatic rings. The average molecular weight is 399 g/mol. The van der Waals surface area contributed by atoms with Crippen LogP contribution in [0.4, 0.5) is 0 Å². The molecule has 0 atom stereocenters. The predicted molar refractivity (Wildman–Crippen MR) is 98.9 cm³/mol. The minimum atomic E-state index is -1.26. The summed E-state index contributed by atoms with van der Waals surface area (Å²) in [6, 6.07) is 1.37. The van der Waals surface area contributed by atoms with Crippen molar-refractivity contribution in [2.24, 2.45) is 0 Å². The SMILES string of the molecule is C=C(C#N)C(=O)O.CCCC(=O)OCC(COC(=O)CCC)OC(=O)CCC. The molecule has 0 saturated heterocycles. The van der Waals surface area contributed by atoms with Crippen LogP contribution in [0.25, 0.3) is 0 Å². The molecule has 158 valence electrons. The van der Waals surface area contributed by atoms with E-state index in [0.717, 1.165) is 0 Å². The summed E-state index contributed by atoms with van der Waals surface area (Å²) >= 11 is 0. The van der Waals surface area contributed by atoms with Crippen molar-refractivity contribution in [2.45, 2.75) is 65.4 Å². The topological polar surface area (TPSA) is 140 Å². The van der Waals surface area contributed by atoms with Gasteiger partial charge in [-0.25, -0.2) is 4.79 Å². The second kappa shape index (κ2) is 17.5. The number of carboxylic acids is 1. The molecule has 28 heavy (non-hydrogen) atoms. The van der Waals surface area contributed by atoms with Gasteiger partial charge in [0.2, 0.25) is 0 Å². The highest BCUT2D eigenvalue weighted by Crippen LogP contribution is 2.03. The molecule has 0 radical (unpaired) electrons. The minimum absolute atomic E-state index is 0.0896. The Balaban J connectivity index is 0. The Morgan fingerprint density at radius 1 is 0.893 bits per heavy atom. The van der Waals surface area contributed by atoms with Crippen LogP contribution >= 0.6 is 0 Å². The van der Waals surface area contributed by atoms with E-state index in [2.05, 4.69) is 6.58 Å². The van der Waals surface area contributed by atoms with Crippen LogP contribution in [0.2, 0.25) is 0 Å². The van der Waals surface area contributed by atoms with Crippen molar-refractivity contribution in [2.75, 3.05) is 13.2 Å². The summed E-state index contributed by atoms with van der Waals surface area (Å²) in [7, 11) is 0. The van der Waals surface area contributed by atoms with Crippen LogP contribution in [0.3, 0.4) is 0 Å². The largest absolute Gasteiger partial charge is 0.477 e. The van der Waals surface area contributed by atoms with Gasteiger partial charge in [-0.1, -0.05) is 27.4 Å². The van der Waals surface area contributed by atoms with Crippen molar-refractivity contribution in [1.82, 2.24) is 0 Å². The third kappa shape index (κ3) is 16.6. The van der Waals surface area contributed by atoms with E-state index in [1.54, 1.807) is 0 Å². The number of hydrogen-bond donors (Lipinski definition) is 1. The van der Waals surface area contributed by atoms with E-state index >= 15 is 0 Å². The summed E-state index contributed by atoms with van der Waals surface area (Å²) in [6.07, 6.45) is 2.19. The lowest BCUT2D eigenvalue weighted by Crippen LogP contribution is -2.30. The molecular formula is C19H29NO8. The number of carbonyl (C=O) groups is 4. The molecule has 0 spiro atoms. The molecule has 0 saturated carbocycles. The van der Waals surface area contributed by atoms with E-state index in [4.69, 9.17) is 24.6 Å². The molecule has 0 aromatic carbocycles. The zero-order valence-corrected chi connectivity index (χ0v) is 16.7. The zero-order chi connectivity index (χ0) is 21.9. The second-order valence-electron chi connectivity index (χ2n) is 5.62. The first-order valence-corrected chi connectivity index (χ1v) is 9.04. The number of nitriles is 1. The van der Waals surface area contributed by atoms with Gasteiger partial charge in [0.05, 0.1) is 0 Å². The Labute approximate surface area is 165 Å². The smallest absolute Gasteiger partial charge is 0.345 e. The molecule has 0 rings (SSSR count). The first kappa shape index (κ1) is 27.3. The van der Waals surface area contributed by atoms with Gasteiger partial charge in [0, 0.05) is 19.3 Å². The van der Waals surface area contributed by atoms with Crippen LogP contribution in [0.1, 0.15) is 59.3 Å². The number of ether oxygens (including phenoxy) is 3. The Hall–Kier alpha value is -2.89. The Bertz CT molecular complexity index is 543. The number of esters is 3. The van der Waals surface area contributed by atoms with E-state index in [0.29, 0.717) is 32.1 Å². The van der Waals surface area contributed by atoms with E-state index < -0.39 is 17.6 Å². The lowest BCUT2D eigenvalue weighted by atomic mass is 10.3. The van der Waals surface area contributed by atoms with Gasteiger partial charge in [-0.15, -0.1) is 0 Å². The summed E-state index contributed by atoms with van der Waals surface area (Å²) in [5, 5.41) is 15.6. The van der Waals surface area contributed by atoms with Crippen LogP contribution in [0.5, 0.6) is 0 Å². The fourth-order valence-corrected chi connectivity index (χ4v) is 1.54. The van der Waals surface area contributed by atoms with Gasteiger partial charge < -0.3 is 19.3 Å². The van der Waals surface area contributed by atoms with Crippen LogP contribution < -0.4 is 0 Å². The quantitative estimate of drug-likeness (QED) is 0.227. The van der Waals surface area contributed by atoms with Crippen molar-refractivity contribution in [3.05, 3.63) is 12.2 Å². The van der Waals surface area contributed by atoms with Crippen LogP contribution in [0, 0.1) is 11.3 Å². The third-order valence-corrected chi connectivity index (χ3v) is 2.91. The maximum Gasteiger partial charge on any atom is 0.345 e. The molecule has 0 unspecified atom stereocenters. The van der Waals surface area contributed by atoms with Gasteiger partial charge in [-0.2, -0.15) is 5.26 Å². The molecule has 1 N–H and O–H groups in total. The fourth-order valence-electron chi connectivity index (χ4n) is 1.54. The van der Waals surface area contributed by atoms with Crippen LogP contribution in [-0.4, -0.2) is 48.3 Å². The molecule has 9 nitrogen and oxygen atoms in total. The molecule has 0 aromatic heterocycles. The van der Waals surface area contributed by atoms with Gasteiger partial charge in [0.15, 0.2) is 6.10 Å². The van der Waals surface area contributed by atoms with Gasteiger partial charge in [0.1, 0.15) is 24.9 Å². The van der Waals surface area contributed by atoms with Crippen molar-refractivity contribution in [1.29, 1.82) is 5.26 Å². The van der Waals surface area contributed by atoms with E-state index in [1.807, 2.05) is 20.8 Å². The van der Waals surface area contributed by atoms with Crippen molar-refractivity contribution >= 4 is 23.9 Å². The van der Waals surface area contributed by atoms with Crippen molar-refractivity contribution in [3.8, 4) is 6.07 Å². The Kier molecular flexibility index (Phi) is 17.1. The molecule has 9 heteroatoms. The lowest BCUT2D eigenvalue weighted by Gasteiger charge is -2.18. The number of carboxylic acid groups (broad SMARTS) is 1. The summed E-state index contributed by atoms with van der Waals surface area (Å²) in [4.78, 5) is 43.8. The summed E-state index contributed by atoms with van der Waals surface area (Å²) in [5.74, 6) is -2.36. The standard InChI is InChI=1S/C15H26O6.C4H3NO2/c1-4-7-13(16)19-10-12(21-15(18)9-6-3)11-20-14(17)8-5-2;1-3(2-5)4(6)7/h12H,4-11H2,1-3H3;1H2,(H,6,7). The molecule has 0 aliphatic heterocycles. The zero-order valence-electron chi connectivity index (χ0n) is 16.7. The third-order valence-electron chi connectivity index (χ3n) is 2.91. The number of rotatable bonds is 12. The molecule has 0 bridgehead atoms. The van der Waals surface area contributed by atoms with Crippen LogP contribution in [0.15, 0.2) is 12.2 Å². The number of aliphatic carboxylic acids is 1. The molecule has 0 amide bonds. The second-order valence-corrected chi connectivity index (χ2v) is 5.62. The first-order chi connectivity index (χ1) is 13.2. The number of hydrogen-bond acceptors (Lipinski definition) is 8. The molecule has 0 fully saturated rings. The predicted octanol–water partition coefficient (Wildman–Crippen LogP) is 2.54. The molecular weight excluding hydrogens is 370 g/mol. The minimum Gasteiger partial charge on any atom is -0.477 e. The highest BCUT2D eigenvalue weighted by Gasteiger charge is 2.18. The highest BCUT2D eigenvalue weighted by molar-refractivity contribution is 5.90. The summed E-state index contributed by atoms with van der Waals surface area (Å²) < 4.78 is 15.2. The highest BCUT2D eigenvalue weighted by atomic mass is 16.6. The summed E-state index contributed by atoms with van der Waals surface area (Å²) in [6.45, 7) is 8.33. The summed E-state index contributed by atoms with van der Waals surface area (Å²) in [5.41, 5.74) is -0.431. The van der Waals surface area contributed by atoms with E-state index in [-0.39, 0.29) is 37.5 Å². The Morgan fingerprint density at radius 2 is 1.29 bits per heavy atom. The fraction of sp³-hybridized carbons (Fsp3) is 0.632. The monoisotopic (exact) mass is 399 g/mol. The molecule has 0 heterocycles. The maximum atomic E-state index is 11.5. The number of carbonyl (C=O) groups excluding carboxylic acids is 3. The number of nitrogens with zero attached hydrogens (tertiary/aromatic N) is 1. The molecule has 0 aliphatic rings. The maximum absolute atomic E-state index is 11.5. The first-order valence-electron chi connectivity index (χ1n) is 9.04. The normalized spacial score (nSPS) is 9.39. The van der Waals surface area contributed by atoms with Gasteiger partial charge in [-0.05, 0) is 19.3 Å². The van der Waals surface area contributed by atoms with Crippen molar-refractivity contribution < 1.29 is 38.5 Å². The van der Waals surface area contributed by atoms with Gasteiger partial charge in [0.25, 0.3) is 0 Å². The van der Waals surface area contributed by atoms with Crippen LogP contribution in [-0.2, 0) is 33.4 Å². The van der Waals surface area contributed by atoms with E-state index in [1.165, 1.54) is 6.07 Å². The lowest BCUT2D eigenvalue weighted by molar-refractivity contribution is -0.166. The average Bonchev–Trinajstić information content (AvgIpc) is 2.64. The van der Waals surface area contributed by atoms with Crippen molar-refractivity contribution in [3.63, 3.8) is 0 Å². The van der Waals surface area contributed by atoms with Gasteiger partial charge >= 0.3 is 23.9 Å².